The first-order valence-corrected chi connectivity index (χ1v) is 9.26. The number of hydrogen-bond donors (Lipinski definition) is 2. The fraction of sp³-hybridized carbons (Fsp3) is 0.0400. The SMILES string of the molecule is Nc1cc(Oc2ccccc2-c2cccc3c2-c2ccccc2C3)ccc1O. The van der Waals surface area contributed by atoms with E-state index >= 15 is 0 Å². The van der Waals surface area contributed by atoms with Crippen LogP contribution in [0.2, 0.25) is 0 Å². The van der Waals surface area contributed by atoms with Crippen molar-refractivity contribution < 1.29 is 9.84 Å². The molecule has 0 spiro atoms. The molecule has 3 N–H and O–H groups in total. The van der Waals surface area contributed by atoms with Gasteiger partial charge in [0.05, 0.1) is 5.69 Å². The average molecular weight is 365 g/mol. The summed E-state index contributed by atoms with van der Waals surface area (Å²) in [5, 5.41) is 9.66. The highest BCUT2D eigenvalue weighted by atomic mass is 16.5. The van der Waals surface area contributed by atoms with E-state index in [0.717, 1.165) is 23.3 Å². The second kappa shape index (κ2) is 6.46. The summed E-state index contributed by atoms with van der Waals surface area (Å²) in [4.78, 5) is 0. The van der Waals surface area contributed by atoms with Gasteiger partial charge in [-0.2, -0.15) is 0 Å². The Morgan fingerprint density at radius 1 is 0.714 bits per heavy atom. The van der Waals surface area contributed by atoms with Crippen molar-refractivity contribution in [3.63, 3.8) is 0 Å². The van der Waals surface area contributed by atoms with Crippen LogP contribution in [0.25, 0.3) is 22.3 Å². The third-order valence-electron chi connectivity index (χ3n) is 5.22. The van der Waals surface area contributed by atoms with Crippen LogP contribution < -0.4 is 10.5 Å². The molecule has 1 aliphatic rings. The van der Waals surface area contributed by atoms with E-state index in [1.807, 2.05) is 18.2 Å². The van der Waals surface area contributed by atoms with Gasteiger partial charge >= 0.3 is 0 Å². The van der Waals surface area contributed by atoms with Crippen LogP contribution in [-0.4, -0.2) is 5.11 Å². The number of aromatic hydroxyl groups is 1. The number of rotatable bonds is 3. The molecule has 28 heavy (non-hydrogen) atoms. The van der Waals surface area contributed by atoms with Gasteiger partial charge in [0.15, 0.2) is 0 Å². The highest BCUT2D eigenvalue weighted by molar-refractivity contribution is 5.92. The molecule has 5 rings (SSSR count). The molecule has 0 atom stereocenters. The number of hydrogen-bond acceptors (Lipinski definition) is 3. The number of phenols is 1. The number of anilines is 1. The van der Waals surface area contributed by atoms with E-state index in [1.165, 1.54) is 22.3 Å². The van der Waals surface area contributed by atoms with Crippen LogP contribution >= 0.6 is 0 Å². The largest absolute Gasteiger partial charge is 0.506 e. The Bertz CT molecular complexity index is 1200. The number of ether oxygens (including phenoxy) is 1. The maximum atomic E-state index is 9.66. The highest BCUT2D eigenvalue weighted by Crippen LogP contribution is 2.45. The van der Waals surface area contributed by atoms with Crippen LogP contribution in [0.4, 0.5) is 5.69 Å². The van der Waals surface area contributed by atoms with Gasteiger partial charge in [-0.3, -0.25) is 0 Å². The van der Waals surface area contributed by atoms with Crippen molar-refractivity contribution in [1.82, 2.24) is 0 Å². The van der Waals surface area contributed by atoms with Crippen LogP contribution in [0.1, 0.15) is 11.1 Å². The van der Waals surface area contributed by atoms with E-state index in [0.29, 0.717) is 11.4 Å². The van der Waals surface area contributed by atoms with Crippen LogP contribution in [0.3, 0.4) is 0 Å². The van der Waals surface area contributed by atoms with E-state index in [-0.39, 0.29) is 5.75 Å². The summed E-state index contributed by atoms with van der Waals surface area (Å²) >= 11 is 0. The molecule has 1 aliphatic carbocycles. The minimum atomic E-state index is 0.0538. The van der Waals surface area contributed by atoms with Gasteiger partial charge in [0.2, 0.25) is 0 Å². The van der Waals surface area contributed by atoms with Gasteiger partial charge in [-0.15, -0.1) is 0 Å². The number of phenolic OH excluding ortho intramolecular Hbond substituents is 1. The van der Waals surface area contributed by atoms with Gasteiger partial charge in [-0.05, 0) is 52.4 Å². The van der Waals surface area contributed by atoms with Crippen molar-refractivity contribution in [3.8, 4) is 39.5 Å². The normalized spacial score (nSPS) is 11.7. The maximum absolute atomic E-state index is 9.66. The monoisotopic (exact) mass is 365 g/mol. The van der Waals surface area contributed by atoms with Crippen molar-refractivity contribution >= 4 is 5.69 Å². The molecule has 3 heteroatoms. The van der Waals surface area contributed by atoms with Gasteiger partial charge in [0.25, 0.3) is 0 Å². The van der Waals surface area contributed by atoms with Crippen molar-refractivity contribution in [2.24, 2.45) is 0 Å². The number of para-hydroxylation sites is 1. The molecule has 3 nitrogen and oxygen atoms in total. The molecular weight excluding hydrogens is 346 g/mol. The molecule has 0 heterocycles. The van der Waals surface area contributed by atoms with E-state index in [1.54, 1.807) is 18.2 Å². The van der Waals surface area contributed by atoms with Gasteiger partial charge < -0.3 is 15.6 Å². The minimum Gasteiger partial charge on any atom is -0.506 e. The standard InChI is InChI=1S/C25H19NO2/c26-22-15-18(12-13-23(22)27)28-24-11-4-3-9-20(24)21-10-5-7-17-14-16-6-1-2-8-19(16)25(17)21/h1-13,15,27H,14,26H2. The zero-order valence-corrected chi connectivity index (χ0v) is 15.2. The Balaban J connectivity index is 1.63. The van der Waals surface area contributed by atoms with Gasteiger partial charge in [-0.25, -0.2) is 0 Å². The second-order valence-electron chi connectivity index (χ2n) is 6.99. The lowest BCUT2D eigenvalue weighted by molar-refractivity contribution is 0.467. The van der Waals surface area contributed by atoms with Crippen LogP contribution in [0, 0.1) is 0 Å². The molecule has 0 unspecified atom stereocenters. The number of nitrogen functional groups attached to an aromatic ring is 1. The molecule has 0 saturated carbocycles. The summed E-state index contributed by atoms with van der Waals surface area (Å²) < 4.78 is 6.16. The van der Waals surface area contributed by atoms with Crippen molar-refractivity contribution in [2.75, 3.05) is 5.73 Å². The fourth-order valence-electron chi connectivity index (χ4n) is 3.91. The molecule has 0 saturated heterocycles. The average Bonchev–Trinajstić information content (AvgIpc) is 3.10. The molecular formula is C25H19NO2. The van der Waals surface area contributed by atoms with E-state index in [9.17, 15) is 5.11 Å². The molecule has 0 amide bonds. The lowest BCUT2D eigenvalue weighted by Crippen LogP contribution is -1.92. The Kier molecular flexibility index (Phi) is 3.80. The summed E-state index contributed by atoms with van der Waals surface area (Å²) in [5.41, 5.74) is 13.6. The van der Waals surface area contributed by atoms with E-state index in [2.05, 4.69) is 48.5 Å². The number of nitrogens with two attached hydrogens (primary N) is 1. The lowest BCUT2D eigenvalue weighted by Gasteiger charge is -2.15. The summed E-state index contributed by atoms with van der Waals surface area (Å²) in [6.45, 7) is 0. The van der Waals surface area contributed by atoms with Crippen molar-refractivity contribution in [1.29, 1.82) is 0 Å². The molecule has 136 valence electrons. The summed E-state index contributed by atoms with van der Waals surface area (Å²) in [5.74, 6) is 1.40. The molecule has 0 fully saturated rings. The first kappa shape index (κ1) is 16.5. The molecule has 0 bridgehead atoms. The Labute approximate surface area is 163 Å². The van der Waals surface area contributed by atoms with Gasteiger partial charge in [0, 0.05) is 11.6 Å². The Morgan fingerprint density at radius 2 is 1.43 bits per heavy atom. The van der Waals surface area contributed by atoms with Crippen molar-refractivity contribution in [2.45, 2.75) is 6.42 Å². The molecule has 0 radical (unpaired) electrons. The van der Waals surface area contributed by atoms with Crippen molar-refractivity contribution in [3.05, 3.63) is 96.1 Å². The predicted molar refractivity (Wildman–Crippen MR) is 113 cm³/mol. The van der Waals surface area contributed by atoms with Crippen LogP contribution in [-0.2, 0) is 6.42 Å². The third-order valence-corrected chi connectivity index (χ3v) is 5.22. The quantitative estimate of drug-likeness (QED) is 0.304. The second-order valence-corrected chi connectivity index (χ2v) is 6.99. The number of benzene rings is 4. The lowest BCUT2D eigenvalue weighted by atomic mass is 9.94. The topological polar surface area (TPSA) is 55.5 Å². The summed E-state index contributed by atoms with van der Waals surface area (Å²) in [7, 11) is 0. The fourth-order valence-corrected chi connectivity index (χ4v) is 3.91. The van der Waals surface area contributed by atoms with Crippen LogP contribution in [0.5, 0.6) is 17.2 Å². The first-order chi connectivity index (χ1) is 13.7. The summed E-state index contributed by atoms with van der Waals surface area (Å²) in [6, 6.07) is 27.9. The van der Waals surface area contributed by atoms with Gasteiger partial charge in [-0.1, -0.05) is 60.7 Å². The summed E-state index contributed by atoms with van der Waals surface area (Å²) in [6.07, 6.45) is 0.955. The zero-order chi connectivity index (χ0) is 19.1. The smallest absolute Gasteiger partial charge is 0.138 e. The molecule has 0 aliphatic heterocycles. The predicted octanol–water partition coefficient (Wildman–Crippen LogP) is 6.00. The molecule has 0 aromatic heterocycles. The maximum Gasteiger partial charge on any atom is 0.138 e. The van der Waals surface area contributed by atoms with E-state index < -0.39 is 0 Å². The highest BCUT2D eigenvalue weighted by Gasteiger charge is 2.22. The number of fused-ring (bicyclic) bond motifs is 3. The van der Waals surface area contributed by atoms with Crippen LogP contribution in [0.15, 0.2) is 84.9 Å². The first-order valence-electron chi connectivity index (χ1n) is 9.26. The third kappa shape index (κ3) is 2.69. The molecule has 4 aromatic rings. The zero-order valence-electron chi connectivity index (χ0n) is 15.2. The minimum absolute atomic E-state index is 0.0538. The Hall–Kier alpha value is -3.72. The Morgan fingerprint density at radius 3 is 2.29 bits per heavy atom. The van der Waals surface area contributed by atoms with E-state index in [4.69, 9.17) is 10.5 Å². The van der Waals surface area contributed by atoms with Gasteiger partial charge in [0.1, 0.15) is 17.2 Å². The molecule has 4 aromatic carbocycles.